The second kappa shape index (κ2) is 18.3. The zero-order valence-corrected chi connectivity index (χ0v) is 27.1. The fourth-order valence-electron chi connectivity index (χ4n) is 5.51. The van der Waals surface area contributed by atoms with Crippen molar-refractivity contribution in [2.45, 2.75) is 68.7 Å². The van der Waals surface area contributed by atoms with Crippen molar-refractivity contribution in [1.82, 2.24) is 26.6 Å². The van der Waals surface area contributed by atoms with Crippen molar-refractivity contribution in [1.29, 1.82) is 0 Å². The number of carbonyl (C=O) groups excluding carboxylic acids is 5. The molecule has 3 aromatic carbocycles. The summed E-state index contributed by atoms with van der Waals surface area (Å²) in [4.78, 5) is 68.8. The van der Waals surface area contributed by atoms with Crippen LogP contribution in [-0.4, -0.2) is 83.1 Å². The number of aliphatic hydroxyl groups is 1. The number of nitrogens with two attached hydrogens (primary N) is 1. The van der Waals surface area contributed by atoms with Crippen LogP contribution in [0.4, 0.5) is 0 Å². The zero-order valence-electron chi connectivity index (χ0n) is 27.1. The van der Waals surface area contributed by atoms with Crippen LogP contribution in [0.3, 0.4) is 0 Å². The third kappa shape index (κ3) is 11.2. The number of hydrogen-bond donors (Lipinski definition) is 8. The highest BCUT2D eigenvalue weighted by atomic mass is 16.3. The van der Waals surface area contributed by atoms with Crippen molar-refractivity contribution in [3.05, 3.63) is 102 Å². The Hall–Kier alpha value is -5.27. The molecule has 13 nitrogen and oxygen atoms in total. The van der Waals surface area contributed by atoms with E-state index in [2.05, 4.69) is 26.6 Å². The van der Waals surface area contributed by atoms with Gasteiger partial charge in [-0.25, -0.2) is 0 Å². The first kappa shape index (κ1) is 36.6. The molecule has 0 radical (unpaired) electrons. The average Bonchev–Trinajstić information content (AvgIpc) is 3.10. The van der Waals surface area contributed by atoms with Crippen molar-refractivity contribution in [3.63, 3.8) is 0 Å². The SMILES string of the molecule is NCCCC[C@@H]1NC(=O)[C@H](Cc2ccccc2)NC(=O)[C@H](Cc2ccc(O)cc2)NC(=O)[C@H](CO)NC(=O)[C@H](Cc2ccccc2)NC1=O. The highest BCUT2D eigenvalue weighted by Gasteiger charge is 2.34. The number of hydrogen-bond acceptors (Lipinski definition) is 8. The number of amides is 5. The van der Waals surface area contributed by atoms with E-state index in [1.54, 1.807) is 60.7 Å². The monoisotopic (exact) mass is 672 g/mol. The lowest BCUT2D eigenvalue weighted by atomic mass is 10.0. The quantitative estimate of drug-likeness (QED) is 0.129. The van der Waals surface area contributed by atoms with Crippen molar-refractivity contribution >= 4 is 29.5 Å². The van der Waals surface area contributed by atoms with E-state index in [0.717, 1.165) is 11.1 Å². The zero-order chi connectivity index (χ0) is 35.2. The smallest absolute Gasteiger partial charge is 0.245 e. The number of carbonyl (C=O) groups is 5. The van der Waals surface area contributed by atoms with E-state index in [9.17, 15) is 34.2 Å². The number of rotatable bonds is 11. The Morgan fingerprint density at radius 2 is 0.857 bits per heavy atom. The fourth-order valence-corrected chi connectivity index (χ4v) is 5.51. The van der Waals surface area contributed by atoms with E-state index in [-0.39, 0.29) is 31.4 Å². The number of unbranched alkanes of at least 4 members (excludes halogenated alkanes) is 1. The van der Waals surface area contributed by atoms with Crippen LogP contribution in [0.25, 0.3) is 0 Å². The lowest BCUT2D eigenvalue weighted by Crippen LogP contribution is -2.59. The molecule has 0 unspecified atom stereocenters. The molecule has 0 saturated carbocycles. The van der Waals surface area contributed by atoms with Crippen LogP contribution in [0.15, 0.2) is 84.9 Å². The Labute approximate surface area is 285 Å². The van der Waals surface area contributed by atoms with Crippen LogP contribution in [0.1, 0.15) is 36.0 Å². The predicted octanol–water partition coefficient (Wildman–Crippen LogP) is -0.0210. The largest absolute Gasteiger partial charge is 0.508 e. The van der Waals surface area contributed by atoms with Gasteiger partial charge in [0.15, 0.2) is 0 Å². The molecule has 1 aliphatic rings. The summed E-state index contributed by atoms with van der Waals surface area (Å²) in [5, 5.41) is 33.4. The van der Waals surface area contributed by atoms with Gasteiger partial charge in [-0.2, -0.15) is 0 Å². The van der Waals surface area contributed by atoms with Gasteiger partial charge in [0, 0.05) is 19.3 Å². The first-order chi connectivity index (χ1) is 23.7. The standard InChI is InChI=1S/C36H44N6O7/c37-18-8-7-13-27-32(45)39-29(20-24-11-5-2-6-12-24)35(48)42-31(22-43)36(49)41-30(21-25-14-16-26(44)17-15-25)34(47)40-28(33(46)38-27)19-23-9-3-1-4-10-23/h1-6,9-12,14-17,27-31,43-44H,7-8,13,18-22,37H2,(H,38,46)(H,39,45)(H,40,47)(H,41,49)(H,42,48)/t27-,28-,29-,30-,31-/m0/s1. The number of nitrogens with one attached hydrogen (secondary N) is 5. The molecule has 5 amide bonds. The second-order valence-electron chi connectivity index (χ2n) is 12.0. The van der Waals surface area contributed by atoms with Crippen LogP contribution >= 0.6 is 0 Å². The van der Waals surface area contributed by atoms with Crippen molar-refractivity contribution < 1.29 is 34.2 Å². The maximum absolute atomic E-state index is 13.9. The summed E-state index contributed by atoms with van der Waals surface area (Å²) in [6.07, 6.45) is 1.39. The average molecular weight is 673 g/mol. The minimum absolute atomic E-state index is 0.0104. The number of phenolic OH excluding ortho intramolecular Hbond substituents is 1. The van der Waals surface area contributed by atoms with Gasteiger partial charge in [-0.05, 0) is 54.6 Å². The highest BCUT2D eigenvalue weighted by Crippen LogP contribution is 2.13. The van der Waals surface area contributed by atoms with E-state index in [0.29, 0.717) is 24.9 Å². The van der Waals surface area contributed by atoms with Gasteiger partial charge in [0.25, 0.3) is 0 Å². The van der Waals surface area contributed by atoms with Gasteiger partial charge >= 0.3 is 0 Å². The lowest BCUT2D eigenvalue weighted by Gasteiger charge is -2.26. The lowest BCUT2D eigenvalue weighted by molar-refractivity contribution is -0.134. The molecule has 13 heteroatoms. The van der Waals surface area contributed by atoms with Crippen LogP contribution in [0, 0.1) is 0 Å². The summed E-state index contributed by atoms with van der Waals surface area (Å²) in [5.74, 6) is -3.55. The van der Waals surface area contributed by atoms with Crippen molar-refractivity contribution in [3.8, 4) is 5.75 Å². The molecule has 1 aliphatic heterocycles. The van der Waals surface area contributed by atoms with Gasteiger partial charge in [0.05, 0.1) is 6.61 Å². The molecule has 0 spiro atoms. The number of aliphatic hydroxyl groups excluding tert-OH is 1. The highest BCUT2D eigenvalue weighted by molar-refractivity contribution is 5.98. The van der Waals surface area contributed by atoms with Crippen LogP contribution < -0.4 is 32.3 Å². The first-order valence-corrected chi connectivity index (χ1v) is 16.4. The molecule has 260 valence electrons. The third-order valence-electron chi connectivity index (χ3n) is 8.24. The van der Waals surface area contributed by atoms with Crippen molar-refractivity contribution in [2.75, 3.05) is 13.2 Å². The molecule has 1 saturated heterocycles. The van der Waals surface area contributed by atoms with Crippen LogP contribution in [0.2, 0.25) is 0 Å². The van der Waals surface area contributed by atoms with E-state index in [4.69, 9.17) is 5.73 Å². The fraction of sp³-hybridized carbons (Fsp3) is 0.361. The van der Waals surface area contributed by atoms with E-state index < -0.39 is 66.4 Å². The van der Waals surface area contributed by atoms with E-state index in [1.165, 1.54) is 12.1 Å². The molecular formula is C36H44N6O7. The van der Waals surface area contributed by atoms with Crippen molar-refractivity contribution in [2.24, 2.45) is 5.73 Å². The summed E-state index contributed by atoms with van der Waals surface area (Å²) in [7, 11) is 0. The molecule has 1 fully saturated rings. The molecule has 3 aromatic rings. The van der Waals surface area contributed by atoms with E-state index >= 15 is 0 Å². The molecule has 0 aromatic heterocycles. The maximum Gasteiger partial charge on any atom is 0.245 e. The Bertz CT molecular complexity index is 1560. The van der Waals surface area contributed by atoms with E-state index in [1.807, 2.05) is 12.1 Å². The molecule has 1 heterocycles. The van der Waals surface area contributed by atoms with Gasteiger partial charge in [-0.1, -0.05) is 72.8 Å². The summed E-state index contributed by atoms with van der Waals surface area (Å²) < 4.78 is 0. The molecule has 0 aliphatic carbocycles. The molecular weight excluding hydrogens is 628 g/mol. The van der Waals surface area contributed by atoms with Gasteiger partial charge in [0.1, 0.15) is 36.0 Å². The number of aromatic hydroxyl groups is 1. The summed E-state index contributed by atoms with van der Waals surface area (Å²) in [6, 6.07) is 17.9. The van der Waals surface area contributed by atoms with Gasteiger partial charge in [-0.3, -0.25) is 24.0 Å². The van der Waals surface area contributed by atoms with Crippen LogP contribution in [0.5, 0.6) is 5.75 Å². The Kier molecular flexibility index (Phi) is 13.7. The summed E-state index contributed by atoms with van der Waals surface area (Å²) >= 11 is 0. The number of phenols is 1. The van der Waals surface area contributed by atoms with Gasteiger partial charge in [0.2, 0.25) is 29.5 Å². The summed E-state index contributed by atoms with van der Waals surface area (Å²) in [6.45, 7) is -0.421. The number of benzene rings is 3. The minimum atomic E-state index is -1.47. The second-order valence-corrected chi connectivity index (χ2v) is 12.0. The molecule has 5 atom stereocenters. The summed E-state index contributed by atoms with van der Waals surface area (Å²) in [5.41, 5.74) is 7.75. The van der Waals surface area contributed by atoms with Gasteiger partial charge in [-0.15, -0.1) is 0 Å². The predicted molar refractivity (Wildman–Crippen MR) is 182 cm³/mol. The third-order valence-corrected chi connectivity index (χ3v) is 8.24. The maximum atomic E-state index is 13.9. The minimum Gasteiger partial charge on any atom is -0.508 e. The normalized spacial score (nSPS) is 22.4. The Balaban J connectivity index is 1.73. The molecule has 4 rings (SSSR count). The molecule has 0 bridgehead atoms. The Morgan fingerprint density at radius 1 is 0.490 bits per heavy atom. The first-order valence-electron chi connectivity index (χ1n) is 16.4. The topological polar surface area (TPSA) is 212 Å². The Morgan fingerprint density at radius 3 is 1.29 bits per heavy atom. The van der Waals surface area contributed by atoms with Gasteiger partial charge < -0.3 is 42.5 Å². The molecule has 9 N–H and O–H groups in total. The van der Waals surface area contributed by atoms with Crippen LogP contribution in [-0.2, 0) is 43.2 Å². The molecule has 49 heavy (non-hydrogen) atoms.